The molecular formula is C12H14FNO3. The van der Waals surface area contributed by atoms with Crippen molar-refractivity contribution in [3.05, 3.63) is 17.4 Å². The van der Waals surface area contributed by atoms with Gasteiger partial charge in [-0.15, -0.1) is 0 Å². The lowest BCUT2D eigenvalue weighted by Crippen LogP contribution is -2.41. The summed E-state index contributed by atoms with van der Waals surface area (Å²) in [6.45, 7) is 0.393. The highest BCUT2D eigenvalue weighted by atomic mass is 19.1. The summed E-state index contributed by atoms with van der Waals surface area (Å²) in [6, 6.07) is 1.66. The second-order valence-electron chi connectivity index (χ2n) is 4.66. The third-order valence-electron chi connectivity index (χ3n) is 3.85. The Kier molecular flexibility index (Phi) is 2.19. The minimum Gasteiger partial charge on any atom is -0.505 e. The van der Waals surface area contributed by atoms with Crippen LogP contribution in [0.25, 0.3) is 0 Å². The number of aromatic hydroxyl groups is 1. The molecule has 0 saturated heterocycles. The van der Waals surface area contributed by atoms with Crippen molar-refractivity contribution >= 4 is 0 Å². The molecule has 1 aromatic rings. The van der Waals surface area contributed by atoms with E-state index in [0.717, 1.165) is 19.3 Å². The average molecular weight is 239 g/mol. The summed E-state index contributed by atoms with van der Waals surface area (Å²) in [4.78, 5) is 0. The van der Waals surface area contributed by atoms with Gasteiger partial charge in [-0.25, -0.2) is 0 Å². The Hall–Kier alpha value is -1.49. The summed E-state index contributed by atoms with van der Waals surface area (Å²) in [5.41, 5.74) is 6.01. The maximum atomic E-state index is 13.9. The Morgan fingerprint density at radius 3 is 2.76 bits per heavy atom. The fourth-order valence-corrected chi connectivity index (χ4v) is 2.58. The van der Waals surface area contributed by atoms with Gasteiger partial charge in [0.1, 0.15) is 0 Å². The minimum absolute atomic E-state index is 0.00209. The van der Waals surface area contributed by atoms with Gasteiger partial charge >= 0.3 is 0 Å². The predicted molar refractivity (Wildman–Crippen MR) is 58.8 cm³/mol. The Bertz CT molecular complexity index is 466. The molecule has 92 valence electrons. The molecule has 1 fully saturated rings. The summed E-state index contributed by atoms with van der Waals surface area (Å²) >= 11 is 0. The molecule has 0 amide bonds. The van der Waals surface area contributed by atoms with Gasteiger partial charge in [0.2, 0.25) is 18.4 Å². The zero-order valence-electron chi connectivity index (χ0n) is 9.33. The van der Waals surface area contributed by atoms with Crippen molar-refractivity contribution in [3.8, 4) is 17.2 Å². The molecule has 0 spiro atoms. The second kappa shape index (κ2) is 3.50. The Morgan fingerprint density at radius 2 is 2.18 bits per heavy atom. The molecular weight excluding hydrogens is 225 g/mol. The van der Waals surface area contributed by atoms with Crippen molar-refractivity contribution in [1.82, 2.24) is 0 Å². The first-order valence-electron chi connectivity index (χ1n) is 5.69. The van der Waals surface area contributed by atoms with Gasteiger partial charge < -0.3 is 20.3 Å². The third kappa shape index (κ3) is 1.32. The van der Waals surface area contributed by atoms with E-state index in [9.17, 15) is 9.50 Å². The van der Waals surface area contributed by atoms with Crippen molar-refractivity contribution in [1.29, 1.82) is 0 Å². The van der Waals surface area contributed by atoms with Crippen molar-refractivity contribution in [3.63, 3.8) is 0 Å². The van der Waals surface area contributed by atoms with Crippen LogP contribution in [0.4, 0.5) is 4.39 Å². The molecule has 0 aromatic heterocycles. The number of fused-ring (bicyclic) bond motifs is 1. The SMILES string of the molecule is NCC1(c2cc3c(c(F)c2O)OCO3)CCC1. The van der Waals surface area contributed by atoms with Gasteiger partial charge in [-0.1, -0.05) is 6.42 Å². The van der Waals surface area contributed by atoms with Crippen LogP contribution in [0.2, 0.25) is 0 Å². The van der Waals surface area contributed by atoms with E-state index in [-0.39, 0.29) is 23.7 Å². The van der Waals surface area contributed by atoms with Gasteiger partial charge in [-0.05, 0) is 18.9 Å². The average Bonchev–Trinajstić information content (AvgIpc) is 2.72. The van der Waals surface area contributed by atoms with E-state index in [4.69, 9.17) is 15.2 Å². The fourth-order valence-electron chi connectivity index (χ4n) is 2.58. The molecule has 4 nitrogen and oxygen atoms in total. The van der Waals surface area contributed by atoms with Crippen molar-refractivity contribution < 1.29 is 19.0 Å². The molecule has 2 aliphatic rings. The van der Waals surface area contributed by atoms with Crippen LogP contribution in [0.15, 0.2) is 6.07 Å². The van der Waals surface area contributed by atoms with E-state index in [0.29, 0.717) is 17.9 Å². The standard InChI is InChI=1S/C12H14FNO3/c13-9-10(15)7(12(5-14)2-1-3-12)4-8-11(9)17-6-16-8/h4,15H,1-3,5-6,14H2. The predicted octanol–water partition coefficient (Wildman–Crippen LogP) is 1.64. The topological polar surface area (TPSA) is 64.7 Å². The smallest absolute Gasteiger partial charge is 0.231 e. The van der Waals surface area contributed by atoms with E-state index < -0.39 is 5.82 Å². The van der Waals surface area contributed by atoms with Crippen molar-refractivity contribution in [2.75, 3.05) is 13.3 Å². The highest BCUT2D eigenvalue weighted by Crippen LogP contribution is 2.51. The Morgan fingerprint density at radius 1 is 1.41 bits per heavy atom. The van der Waals surface area contributed by atoms with Crippen LogP contribution in [-0.4, -0.2) is 18.4 Å². The fraction of sp³-hybridized carbons (Fsp3) is 0.500. The molecule has 3 rings (SSSR count). The summed E-state index contributed by atoms with van der Waals surface area (Å²) in [5, 5.41) is 9.93. The van der Waals surface area contributed by atoms with Crippen LogP contribution < -0.4 is 15.2 Å². The maximum absolute atomic E-state index is 13.9. The highest BCUT2D eigenvalue weighted by Gasteiger charge is 2.41. The highest BCUT2D eigenvalue weighted by molar-refractivity contribution is 5.55. The number of benzene rings is 1. The third-order valence-corrected chi connectivity index (χ3v) is 3.85. The molecule has 3 N–H and O–H groups in total. The number of nitrogens with two attached hydrogens (primary N) is 1. The Labute approximate surface area is 98.1 Å². The number of halogens is 1. The van der Waals surface area contributed by atoms with Gasteiger partial charge in [0.25, 0.3) is 0 Å². The molecule has 1 aliphatic carbocycles. The maximum Gasteiger partial charge on any atom is 0.231 e. The molecule has 1 saturated carbocycles. The van der Waals surface area contributed by atoms with E-state index >= 15 is 0 Å². The number of phenols is 1. The van der Waals surface area contributed by atoms with Crippen molar-refractivity contribution in [2.45, 2.75) is 24.7 Å². The molecule has 1 aliphatic heterocycles. The minimum atomic E-state index is -0.741. The van der Waals surface area contributed by atoms with Crippen LogP contribution >= 0.6 is 0 Å². The quantitative estimate of drug-likeness (QED) is 0.823. The van der Waals surface area contributed by atoms with E-state index in [1.165, 1.54) is 0 Å². The molecule has 0 unspecified atom stereocenters. The summed E-state index contributed by atoms with van der Waals surface area (Å²) in [6.07, 6.45) is 2.79. The monoisotopic (exact) mass is 239 g/mol. The van der Waals surface area contributed by atoms with E-state index in [2.05, 4.69) is 0 Å². The van der Waals surface area contributed by atoms with Crippen LogP contribution in [0.3, 0.4) is 0 Å². The number of ether oxygens (including phenoxy) is 2. The first-order chi connectivity index (χ1) is 8.18. The summed E-state index contributed by atoms with van der Waals surface area (Å²) in [5.74, 6) is -0.734. The Balaban J connectivity index is 2.14. The number of hydrogen-bond donors (Lipinski definition) is 2. The lowest BCUT2D eigenvalue weighted by Gasteiger charge is -2.41. The molecule has 0 bridgehead atoms. The van der Waals surface area contributed by atoms with Crippen LogP contribution in [0.5, 0.6) is 17.2 Å². The first kappa shape index (κ1) is 10.7. The lowest BCUT2D eigenvalue weighted by molar-refractivity contribution is 0.170. The van der Waals surface area contributed by atoms with Gasteiger partial charge in [0.15, 0.2) is 11.5 Å². The molecule has 5 heteroatoms. The molecule has 1 heterocycles. The van der Waals surface area contributed by atoms with E-state index in [1.807, 2.05) is 0 Å². The molecule has 0 atom stereocenters. The number of phenolic OH excluding ortho intramolecular Hbond substituents is 1. The summed E-state index contributed by atoms with van der Waals surface area (Å²) < 4.78 is 24.0. The van der Waals surface area contributed by atoms with E-state index in [1.54, 1.807) is 6.07 Å². The first-order valence-corrected chi connectivity index (χ1v) is 5.69. The van der Waals surface area contributed by atoms with Gasteiger partial charge in [-0.2, -0.15) is 4.39 Å². The molecule has 0 radical (unpaired) electrons. The van der Waals surface area contributed by atoms with Crippen LogP contribution in [0, 0.1) is 5.82 Å². The van der Waals surface area contributed by atoms with Gasteiger partial charge in [0.05, 0.1) is 0 Å². The normalized spacial score (nSPS) is 20.1. The molecule has 1 aromatic carbocycles. The lowest BCUT2D eigenvalue weighted by atomic mass is 9.64. The number of rotatable bonds is 2. The van der Waals surface area contributed by atoms with Crippen molar-refractivity contribution in [2.24, 2.45) is 5.73 Å². The second-order valence-corrected chi connectivity index (χ2v) is 4.66. The number of hydrogen-bond acceptors (Lipinski definition) is 4. The van der Waals surface area contributed by atoms with Crippen LogP contribution in [0.1, 0.15) is 24.8 Å². The largest absolute Gasteiger partial charge is 0.505 e. The van der Waals surface area contributed by atoms with Crippen LogP contribution in [-0.2, 0) is 5.41 Å². The van der Waals surface area contributed by atoms with Gasteiger partial charge in [0, 0.05) is 17.5 Å². The zero-order chi connectivity index (χ0) is 12.0. The molecule has 17 heavy (non-hydrogen) atoms. The van der Waals surface area contributed by atoms with Gasteiger partial charge in [-0.3, -0.25) is 0 Å². The summed E-state index contributed by atoms with van der Waals surface area (Å²) in [7, 11) is 0. The zero-order valence-corrected chi connectivity index (χ0v) is 9.33.